The third kappa shape index (κ3) is 1.06. The molecule has 2 nitrogen and oxygen atoms in total. The Morgan fingerprint density at radius 1 is 2.00 bits per heavy atom. The Morgan fingerprint density at radius 2 is 2.71 bits per heavy atom. The average Bonchev–Trinajstić information content (AvgIpc) is 1.87. The van der Waals surface area contributed by atoms with Gasteiger partial charge in [0.15, 0.2) is 0 Å². The van der Waals surface area contributed by atoms with Gasteiger partial charge in [-0.1, -0.05) is 11.6 Å². The fourth-order valence-electron chi connectivity index (χ4n) is 0.535. The van der Waals surface area contributed by atoms with Gasteiger partial charge in [0.1, 0.15) is 5.50 Å². The minimum Gasteiger partial charge on any atom is -0.357 e. The van der Waals surface area contributed by atoms with Gasteiger partial charge in [-0.25, -0.2) is 0 Å². The maximum absolute atomic E-state index is 5.58. The predicted octanol–water partition coefficient (Wildman–Crippen LogP) is 0.573. The van der Waals surface area contributed by atoms with Crippen molar-refractivity contribution in [3.05, 3.63) is 0 Å². The Morgan fingerprint density at radius 3 is 2.86 bits per heavy atom. The summed E-state index contributed by atoms with van der Waals surface area (Å²) in [5.41, 5.74) is 0.0417. The van der Waals surface area contributed by atoms with Gasteiger partial charge < -0.3 is 5.32 Å². The zero-order chi connectivity index (χ0) is 5.28. The highest BCUT2D eigenvalue weighted by molar-refractivity contribution is 6.22. The van der Waals surface area contributed by atoms with Crippen LogP contribution in [-0.4, -0.2) is 17.9 Å². The molecule has 0 aromatic heterocycles. The van der Waals surface area contributed by atoms with Gasteiger partial charge in [0.2, 0.25) is 0 Å². The van der Waals surface area contributed by atoms with E-state index < -0.39 is 0 Å². The van der Waals surface area contributed by atoms with E-state index in [2.05, 4.69) is 10.3 Å². The maximum atomic E-state index is 5.58. The van der Waals surface area contributed by atoms with Gasteiger partial charge in [0, 0.05) is 0 Å². The van der Waals surface area contributed by atoms with Crippen LogP contribution in [0.15, 0.2) is 4.99 Å². The smallest absolute Gasteiger partial charge is 0.122 e. The monoisotopic (exact) mass is 118 g/mol. The second-order valence-electron chi connectivity index (χ2n) is 1.54. The molecule has 0 aromatic rings. The van der Waals surface area contributed by atoms with Gasteiger partial charge in [0.25, 0.3) is 0 Å². The number of nitrogens with one attached hydrogen (secondary N) is 1. The molecule has 1 aliphatic heterocycles. The van der Waals surface area contributed by atoms with Crippen LogP contribution in [0.3, 0.4) is 0 Å². The van der Waals surface area contributed by atoms with E-state index >= 15 is 0 Å². The first-order chi connectivity index (χ1) is 3.29. The maximum Gasteiger partial charge on any atom is 0.122 e. The average molecular weight is 119 g/mol. The summed E-state index contributed by atoms with van der Waals surface area (Å²) in [5, 5.41) is 2.93. The molecule has 0 spiro atoms. The normalized spacial score (nSPS) is 29.4. The molecule has 1 aliphatic rings. The number of aliphatic imine (C=N–C) groups is 1. The molecule has 0 amide bonds. The summed E-state index contributed by atoms with van der Waals surface area (Å²) in [6.07, 6.45) is 0. The summed E-state index contributed by atoms with van der Waals surface area (Å²) in [4.78, 5) is 3.99. The molecule has 1 heterocycles. The van der Waals surface area contributed by atoms with Crippen LogP contribution >= 0.6 is 11.6 Å². The lowest BCUT2D eigenvalue weighted by Gasteiger charge is -1.96. The first-order valence-electron chi connectivity index (χ1n) is 2.20. The largest absolute Gasteiger partial charge is 0.357 e. The molecule has 0 fully saturated rings. The van der Waals surface area contributed by atoms with E-state index in [4.69, 9.17) is 11.6 Å². The summed E-state index contributed by atoms with van der Waals surface area (Å²) in [7, 11) is 0. The van der Waals surface area contributed by atoms with E-state index in [1.807, 2.05) is 6.92 Å². The minimum atomic E-state index is 0.0417. The Balaban J connectivity index is 2.42. The van der Waals surface area contributed by atoms with Crippen molar-refractivity contribution in [3.8, 4) is 0 Å². The number of nitrogens with zero attached hydrogens (tertiary/aromatic N) is 1. The Bertz CT molecular complexity index is 99.9. The Kier molecular flexibility index (Phi) is 1.19. The summed E-state index contributed by atoms with van der Waals surface area (Å²) in [5.74, 6) is 0.944. The lowest BCUT2D eigenvalue weighted by Crippen LogP contribution is -2.22. The molecule has 1 N–H and O–H groups in total. The Labute approximate surface area is 47.6 Å². The van der Waals surface area contributed by atoms with Crippen molar-refractivity contribution >= 4 is 17.4 Å². The molecule has 1 rings (SSSR count). The SMILES string of the molecule is CC1=NCC(Cl)N1. The lowest BCUT2D eigenvalue weighted by atomic mass is 10.7. The predicted molar refractivity (Wildman–Crippen MR) is 30.8 cm³/mol. The highest BCUT2D eigenvalue weighted by atomic mass is 35.5. The number of rotatable bonds is 0. The van der Waals surface area contributed by atoms with Gasteiger partial charge in [-0.3, -0.25) is 4.99 Å². The highest BCUT2D eigenvalue weighted by Crippen LogP contribution is 1.97. The zero-order valence-electron chi connectivity index (χ0n) is 4.11. The van der Waals surface area contributed by atoms with Gasteiger partial charge in [-0.15, -0.1) is 0 Å². The molecule has 1 unspecified atom stereocenters. The van der Waals surface area contributed by atoms with Crippen LogP contribution in [0.5, 0.6) is 0 Å². The van der Waals surface area contributed by atoms with Crippen molar-refractivity contribution in [2.24, 2.45) is 4.99 Å². The standard InChI is InChI=1S/C4H7ClN2/c1-3-6-2-4(5)7-3/h4H,2H2,1H3,(H,6,7). The van der Waals surface area contributed by atoms with E-state index in [0.717, 1.165) is 5.84 Å². The molecule has 3 heteroatoms. The summed E-state index contributed by atoms with van der Waals surface area (Å²) in [6.45, 7) is 2.62. The van der Waals surface area contributed by atoms with Crippen LogP contribution in [0.1, 0.15) is 6.92 Å². The molecule has 0 aromatic carbocycles. The van der Waals surface area contributed by atoms with E-state index in [-0.39, 0.29) is 5.50 Å². The number of hydrogen-bond acceptors (Lipinski definition) is 2. The van der Waals surface area contributed by atoms with E-state index in [1.165, 1.54) is 0 Å². The summed E-state index contributed by atoms with van der Waals surface area (Å²) in [6, 6.07) is 0. The van der Waals surface area contributed by atoms with Gasteiger partial charge in [-0.2, -0.15) is 0 Å². The van der Waals surface area contributed by atoms with E-state index in [9.17, 15) is 0 Å². The molecule has 0 saturated carbocycles. The van der Waals surface area contributed by atoms with Crippen LogP contribution in [-0.2, 0) is 0 Å². The summed E-state index contributed by atoms with van der Waals surface area (Å²) < 4.78 is 0. The molecule has 0 radical (unpaired) electrons. The molecular weight excluding hydrogens is 112 g/mol. The highest BCUT2D eigenvalue weighted by Gasteiger charge is 2.08. The second-order valence-corrected chi connectivity index (χ2v) is 2.06. The molecule has 0 aliphatic carbocycles. The molecule has 0 bridgehead atoms. The van der Waals surface area contributed by atoms with Crippen LogP contribution in [0.4, 0.5) is 0 Å². The molecule has 0 saturated heterocycles. The topological polar surface area (TPSA) is 24.4 Å². The summed E-state index contributed by atoms with van der Waals surface area (Å²) >= 11 is 5.58. The first-order valence-corrected chi connectivity index (χ1v) is 2.64. The quantitative estimate of drug-likeness (QED) is 0.365. The fraction of sp³-hybridized carbons (Fsp3) is 0.750. The number of amidine groups is 1. The van der Waals surface area contributed by atoms with Gasteiger partial charge in [-0.05, 0) is 6.92 Å². The van der Waals surface area contributed by atoms with Crippen LogP contribution < -0.4 is 5.32 Å². The number of halogens is 1. The molecule has 40 valence electrons. The number of hydrogen-bond donors (Lipinski definition) is 1. The van der Waals surface area contributed by atoms with Crippen molar-refractivity contribution < 1.29 is 0 Å². The van der Waals surface area contributed by atoms with E-state index in [1.54, 1.807) is 0 Å². The van der Waals surface area contributed by atoms with Crippen LogP contribution in [0.2, 0.25) is 0 Å². The van der Waals surface area contributed by atoms with Gasteiger partial charge >= 0.3 is 0 Å². The second kappa shape index (κ2) is 1.70. The molecular formula is C4H7ClN2. The minimum absolute atomic E-state index is 0.0417. The first kappa shape index (κ1) is 4.91. The lowest BCUT2D eigenvalue weighted by molar-refractivity contribution is 0.877. The van der Waals surface area contributed by atoms with Gasteiger partial charge in [0.05, 0.1) is 12.4 Å². The van der Waals surface area contributed by atoms with Crippen LogP contribution in [0, 0.1) is 0 Å². The van der Waals surface area contributed by atoms with Crippen molar-refractivity contribution in [1.82, 2.24) is 5.32 Å². The molecule has 7 heavy (non-hydrogen) atoms. The van der Waals surface area contributed by atoms with E-state index in [0.29, 0.717) is 6.54 Å². The van der Waals surface area contributed by atoms with Crippen molar-refractivity contribution in [1.29, 1.82) is 0 Å². The van der Waals surface area contributed by atoms with Crippen molar-refractivity contribution in [3.63, 3.8) is 0 Å². The Hall–Kier alpha value is -0.240. The van der Waals surface area contributed by atoms with Crippen molar-refractivity contribution in [2.75, 3.05) is 6.54 Å². The van der Waals surface area contributed by atoms with Crippen molar-refractivity contribution in [2.45, 2.75) is 12.4 Å². The zero-order valence-corrected chi connectivity index (χ0v) is 4.87. The van der Waals surface area contributed by atoms with Crippen LogP contribution in [0.25, 0.3) is 0 Å². The fourth-order valence-corrected chi connectivity index (χ4v) is 0.762. The third-order valence-corrected chi connectivity index (χ3v) is 1.10. The number of alkyl halides is 1. The third-order valence-electron chi connectivity index (χ3n) is 0.854. The molecule has 1 atom stereocenters.